The van der Waals surface area contributed by atoms with Crippen LogP contribution in [0.1, 0.15) is 66.4 Å². The fourth-order valence-electron chi connectivity index (χ4n) is 21.2. The molecule has 3 aromatic heterocycles. The molecular formula is C116H73BN4O. The van der Waals surface area contributed by atoms with E-state index in [-0.39, 0.29) is 55.0 Å². The molecule has 0 unspecified atom stereocenters. The lowest BCUT2D eigenvalue weighted by molar-refractivity contribution is 0.669. The number of nitrogens with zero attached hydrogens (tertiary/aromatic N) is 4. The Labute approximate surface area is 729 Å². The normalized spacial score (nSPS) is 15.5. The van der Waals surface area contributed by atoms with Crippen LogP contribution in [0.4, 0.5) is 34.1 Å². The standard InChI is InChI=1S/C116H73BN4O/c1-7-31-74(32-8-1)76-57-62-94-92(68-76)112-96(115(94,80-35-11-3-12-36-80)81-37-13-4-14-38-81)48-29-54-104(112)120-106-72-84(118-100-50-24-19-43-86(100)87-44-20-25-51-101(87)118)60-64-98(106)117-99-65-61-85(119-102-52-26-21-45-88(102)89-46-22-27-53-103(89)119)73-107(99)121(109-71-79(70-108(120)114(109)117)78-59-66-111-91(67-78)90-47-23-28-56-110(90)122-111)105-55-30-49-97-113(105)93-69-77(75-33-9-2-10-34-75)58-63-95(93)116(97,82-39-15-5-16-40-82)83-41-17-6-18-42-83/h1-73H/i19D,20D,21D,22D,24D,25D,26D,27D,43D,44D,45D,46D,50D,51D,52D,53D. The molecule has 0 bridgehead atoms. The topological polar surface area (TPSA) is 29.5 Å². The van der Waals surface area contributed by atoms with Crippen LogP contribution in [0.5, 0.6) is 0 Å². The second-order valence-electron chi connectivity index (χ2n) is 32.0. The van der Waals surface area contributed by atoms with E-state index in [1.807, 2.05) is 121 Å². The zero-order valence-electron chi connectivity index (χ0n) is 81.2. The van der Waals surface area contributed by atoms with E-state index in [0.29, 0.717) is 44.8 Å². The predicted molar refractivity (Wildman–Crippen MR) is 507 cm³/mol. The minimum Gasteiger partial charge on any atom is -0.456 e. The zero-order chi connectivity index (χ0) is 93.8. The van der Waals surface area contributed by atoms with Crippen molar-refractivity contribution in [2.45, 2.75) is 10.8 Å². The van der Waals surface area contributed by atoms with E-state index in [2.05, 4.69) is 234 Å². The van der Waals surface area contributed by atoms with E-state index < -0.39 is 114 Å². The average molecular weight is 1570 g/mol. The summed E-state index contributed by atoms with van der Waals surface area (Å²) in [5.74, 6) is 0. The molecule has 2 aliphatic carbocycles. The van der Waals surface area contributed by atoms with Gasteiger partial charge in [0.25, 0.3) is 6.71 Å². The van der Waals surface area contributed by atoms with Gasteiger partial charge in [0, 0.05) is 77.6 Å². The molecule has 19 aromatic carbocycles. The molecule has 122 heavy (non-hydrogen) atoms. The number of benzene rings is 19. The molecule has 0 N–H and O–H groups in total. The van der Waals surface area contributed by atoms with Gasteiger partial charge in [0.05, 0.1) is 66.2 Å². The van der Waals surface area contributed by atoms with Crippen LogP contribution in [0, 0.1) is 0 Å². The van der Waals surface area contributed by atoms with Gasteiger partial charge in [0.15, 0.2) is 0 Å². The first-order valence-electron chi connectivity index (χ1n) is 49.1. The molecule has 6 heteroatoms. The van der Waals surface area contributed by atoms with Gasteiger partial charge in [-0.3, -0.25) is 0 Å². The van der Waals surface area contributed by atoms with Crippen molar-refractivity contribution in [2.75, 3.05) is 9.80 Å². The Hall–Kier alpha value is -15.8. The third kappa shape index (κ3) is 9.60. The van der Waals surface area contributed by atoms with Crippen LogP contribution in [-0.2, 0) is 10.8 Å². The van der Waals surface area contributed by atoms with Gasteiger partial charge in [-0.25, -0.2) is 0 Å². The minimum atomic E-state index is -1.01. The highest BCUT2D eigenvalue weighted by Crippen LogP contribution is 2.64. The summed E-state index contributed by atoms with van der Waals surface area (Å²) in [6, 6.07) is 112. The quantitative estimate of drug-likeness (QED) is 0.121. The van der Waals surface area contributed by atoms with Crippen LogP contribution < -0.4 is 26.2 Å². The number of hydrogen-bond acceptors (Lipinski definition) is 3. The highest BCUT2D eigenvalue weighted by Gasteiger charge is 2.52. The van der Waals surface area contributed by atoms with Crippen LogP contribution in [0.2, 0.25) is 0 Å². The highest BCUT2D eigenvalue weighted by atomic mass is 16.3. The van der Waals surface area contributed by atoms with Crippen LogP contribution in [0.25, 0.3) is 133 Å². The molecule has 566 valence electrons. The van der Waals surface area contributed by atoms with Crippen molar-refractivity contribution in [2.24, 2.45) is 0 Å². The smallest absolute Gasteiger partial charge is 0.252 e. The van der Waals surface area contributed by atoms with Gasteiger partial charge >= 0.3 is 0 Å². The van der Waals surface area contributed by atoms with Crippen molar-refractivity contribution in [3.63, 3.8) is 0 Å². The van der Waals surface area contributed by atoms with E-state index >= 15 is 0 Å². The molecule has 2 aliphatic heterocycles. The van der Waals surface area contributed by atoms with Crippen LogP contribution in [-0.4, -0.2) is 15.8 Å². The Balaban J connectivity index is 0.866. The summed E-state index contributed by atoms with van der Waals surface area (Å²) in [4.78, 5) is 4.68. The molecule has 0 saturated heterocycles. The first-order valence-corrected chi connectivity index (χ1v) is 41.1. The van der Waals surface area contributed by atoms with Gasteiger partial charge in [-0.1, -0.05) is 339 Å². The lowest BCUT2D eigenvalue weighted by atomic mass is 9.33. The van der Waals surface area contributed by atoms with Gasteiger partial charge in [0.2, 0.25) is 0 Å². The minimum absolute atomic E-state index is 0.0710. The molecule has 26 rings (SSSR count). The van der Waals surface area contributed by atoms with Crippen molar-refractivity contribution < 1.29 is 26.3 Å². The Morgan fingerprint density at radius 1 is 0.246 bits per heavy atom. The number of rotatable bonds is 11. The maximum Gasteiger partial charge on any atom is 0.252 e. The van der Waals surface area contributed by atoms with Crippen molar-refractivity contribution in [3.05, 3.63) is 487 Å². The maximum absolute atomic E-state index is 10.1. The Bertz CT molecular complexity index is 8430. The summed E-state index contributed by atoms with van der Waals surface area (Å²) in [5.41, 5.74) is 22.8. The molecule has 0 saturated carbocycles. The SMILES string of the molecule is [2H]c1c([2H])c([2H])c2c(c1[2H])c1c([2H])c([2H])c([2H])c([2H])c1n2-c1ccc2c(c1)N(c1cccc3c1-c1cc(-c4ccccc4)ccc1C3(c1ccccc1)c1ccccc1)c1cc(-c3ccc4oc5ccccc5c4c3)cc3c1B2c1ccc(-n2c4c([2H])c([2H])c([2H])c([2H])c4c4c([2H])c([2H])c([2H])c([2H])c42)cc1N3c1cccc2c1-c1cc(-c3ccccc3)ccc1C2(c1ccccc1)c1ccccc1. The first kappa shape index (κ1) is 54.3. The average Bonchev–Trinajstić information content (AvgIpc) is 1.60. The summed E-state index contributed by atoms with van der Waals surface area (Å²) in [6.07, 6.45) is 0. The van der Waals surface area contributed by atoms with Crippen LogP contribution in [0.15, 0.2) is 447 Å². The number of para-hydroxylation sites is 5. The van der Waals surface area contributed by atoms with Crippen molar-refractivity contribution in [3.8, 4) is 67.0 Å². The fraction of sp³-hybridized carbons (Fsp3) is 0.0172. The molecule has 22 aromatic rings. The zero-order valence-corrected chi connectivity index (χ0v) is 65.2. The van der Waals surface area contributed by atoms with E-state index in [0.717, 1.165) is 128 Å². The van der Waals surface area contributed by atoms with Gasteiger partial charge in [0.1, 0.15) is 11.2 Å². The number of hydrogen-bond donors (Lipinski definition) is 0. The van der Waals surface area contributed by atoms with E-state index in [1.165, 1.54) is 0 Å². The van der Waals surface area contributed by atoms with Gasteiger partial charge in [-0.05, 0) is 208 Å². The molecule has 0 radical (unpaired) electrons. The van der Waals surface area contributed by atoms with Crippen LogP contribution in [0.3, 0.4) is 0 Å². The van der Waals surface area contributed by atoms with Gasteiger partial charge in [-0.15, -0.1) is 0 Å². The first-order chi connectivity index (χ1) is 67.2. The summed E-state index contributed by atoms with van der Waals surface area (Å²) < 4.78 is 164. The highest BCUT2D eigenvalue weighted by molar-refractivity contribution is 7.00. The maximum atomic E-state index is 10.1. The number of aromatic nitrogens is 2. The molecule has 5 heterocycles. The third-order valence-electron chi connectivity index (χ3n) is 26.1. The van der Waals surface area contributed by atoms with Crippen molar-refractivity contribution in [1.82, 2.24) is 9.13 Å². The lowest BCUT2D eigenvalue weighted by Crippen LogP contribution is -2.61. The predicted octanol–water partition coefficient (Wildman–Crippen LogP) is 27.6. The number of fused-ring (bicyclic) bond motifs is 19. The van der Waals surface area contributed by atoms with Crippen LogP contribution >= 0.6 is 0 Å². The summed E-state index contributed by atoms with van der Waals surface area (Å²) >= 11 is 0. The molecule has 0 fully saturated rings. The summed E-state index contributed by atoms with van der Waals surface area (Å²) in [7, 11) is 0. The van der Waals surface area contributed by atoms with Crippen molar-refractivity contribution >= 4 is 123 Å². The van der Waals surface area contributed by atoms with Gasteiger partial charge < -0.3 is 23.4 Å². The molecule has 0 spiro atoms. The van der Waals surface area contributed by atoms with E-state index in [4.69, 9.17) is 4.42 Å². The van der Waals surface area contributed by atoms with E-state index in [9.17, 15) is 21.9 Å². The lowest BCUT2D eigenvalue weighted by Gasteiger charge is -2.45. The molecule has 0 atom stereocenters. The monoisotopic (exact) mass is 1560 g/mol. The van der Waals surface area contributed by atoms with E-state index in [1.54, 1.807) is 9.13 Å². The number of anilines is 6. The molecular weight excluding hydrogens is 1480 g/mol. The molecule has 5 nitrogen and oxygen atoms in total. The van der Waals surface area contributed by atoms with Crippen molar-refractivity contribution in [1.29, 1.82) is 0 Å². The summed E-state index contributed by atoms with van der Waals surface area (Å²) in [6.45, 7) is -0.853. The Kier molecular flexibility index (Phi) is 11.7. The molecule has 4 aliphatic rings. The largest absolute Gasteiger partial charge is 0.456 e. The second-order valence-corrected chi connectivity index (χ2v) is 32.0. The number of furan rings is 1. The van der Waals surface area contributed by atoms with Gasteiger partial charge in [-0.2, -0.15) is 0 Å². The second kappa shape index (κ2) is 26.4. The Morgan fingerprint density at radius 2 is 0.615 bits per heavy atom. The summed E-state index contributed by atoms with van der Waals surface area (Å²) in [5, 5.41) is 1.38. The molecule has 0 amide bonds. The Morgan fingerprint density at radius 3 is 1.04 bits per heavy atom. The fourth-order valence-corrected chi connectivity index (χ4v) is 21.2. The third-order valence-corrected chi connectivity index (χ3v) is 26.1.